The molecule has 0 unspecified atom stereocenters. The number of hydrogen-bond acceptors (Lipinski definition) is 3. The van der Waals surface area contributed by atoms with Crippen molar-refractivity contribution in [3.63, 3.8) is 0 Å². The van der Waals surface area contributed by atoms with E-state index < -0.39 is 17.5 Å². The highest BCUT2D eigenvalue weighted by Crippen LogP contribution is 2.28. The lowest BCUT2D eigenvalue weighted by molar-refractivity contribution is -0.111. The second-order valence-electron chi connectivity index (χ2n) is 4.63. The summed E-state index contributed by atoms with van der Waals surface area (Å²) < 4.78 is 39.7. The Kier molecular flexibility index (Phi) is 4.12. The minimum Gasteiger partial charge on any atom is -0.298 e. The summed E-state index contributed by atoms with van der Waals surface area (Å²) in [6.45, 7) is 0. The number of benzene rings is 2. The predicted molar refractivity (Wildman–Crippen MR) is 83.6 cm³/mol. The van der Waals surface area contributed by atoms with Gasteiger partial charge in [0.25, 0.3) is 0 Å². The molecule has 116 valence electrons. The molecule has 3 aromatic rings. The minimum atomic E-state index is -0.779. The smallest absolute Gasteiger partial charge is 0.250 e. The van der Waals surface area contributed by atoms with Crippen LogP contribution in [0.3, 0.4) is 0 Å². The van der Waals surface area contributed by atoms with Gasteiger partial charge in [0.15, 0.2) is 10.9 Å². The van der Waals surface area contributed by atoms with E-state index in [0.717, 1.165) is 23.5 Å². The van der Waals surface area contributed by atoms with Gasteiger partial charge in [-0.2, -0.15) is 0 Å². The number of aromatic nitrogens is 1. The summed E-state index contributed by atoms with van der Waals surface area (Å²) in [7, 11) is 0. The summed E-state index contributed by atoms with van der Waals surface area (Å²) in [6.07, 6.45) is 2.75. The summed E-state index contributed by atoms with van der Waals surface area (Å²) in [4.78, 5) is 15.7. The standard InChI is InChI=1S/C16H9F3N2OS/c17-10-4-1-9(2-5-10)3-6-14(22)20-16-21-15-12(19)7-11(18)8-13(15)23-16/h1-8H,(H,20,21,22). The highest BCUT2D eigenvalue weighted by molar-refractivity contribution is 7.22. The normalized spacial score (nSPS) is 11.3. The van der Waals surface area contributed by atoms with Crippen LogP contribution >= 0.6 is 11.3 Å². The van der Waals surface area contributed by atoms with Crippen molar-refractivity contribution < 1.29 is 18.0 Å². The van der Waals surface area contributed by atoms with Crippen molar-refractivity contribution >= 4 is 38.7 Å². The fourth-order valence-corrected chi connectivity index (χ4v) is 2.81. The van der Waals surface area contributed by atoms with Crippen LogP contribution in [0.15, 0.2) is 42.5 Å². The third-order valence-electron chi connectivity index (χ3n) is 2.94. The van der Waals surface area contributed by atoms with E-state index in [1.807, 2.05) is 0 Å². The number of anilines is 1. The Labute approximate surface area is 133 Å². The molecule has 0 spiro atoms. The number of fused-ring (bicyclic) bond motifs is 1. The maximum atomic E-state index is 13.5. The van der Waals surface area contributed by atoms with Crippen LogP contribution in [0.25, 0.3) is 16.3 Å². The Hall–Kier alpha value is -2.67. The quantitative estimate of drug-likeness (QED) is 0.723. The largest absolute Gasteiger partial charge is 0.298 e. The van der Waals surface area contributed by atoms with Crippen molar-refractivity contribution in [3.8, 4) is 0 Å². The number of thiazole rings is 1. The summed E-state index contributed by atoms with van der Waals surface area (Å²) in [5, 5.41) is 2.64. The Morgan fingerprint density at radius 3 is 2.57 bits per heavy atom. The number of amides is 1. The molecule has 1 N–H and O–H groups in total. The molecule has 0 saturated carbocycles. The molecular weight excluding hydrogens is 325 g/mol. The molecular formula is C16H9F3N2OS. The van der Waals surface area contributed by atoms with Crippen LogP contribution in [-0.2, 0) is 4.79 Å². The van der Waals surface area contributed by atoms with Crippen molar-refractivity contribution in [2.45, 2.75) is 0 Å². The zero-order valence-corrected chi connectivity index (χ0v) is 12.3. The molecule has 1 amide bonds. The molecule has 3 nitrogen and oxygen atoms in total. The molecule has 0 saturated heterocycles. The Morgan fingerprint density at radius 1 is 1.09 bits per heavy atom. The van der Waals surface area contributed by atoms with Crippen LogP contribution < -0.4 is 5.32 Å². The lowest BCUT2D eigenvalue weighted by Gasteiger charge is -1.96. The van der Waals surface area contributed by atoms with Gasteiger partial charge in [-0.15, -0.1) is 0 Å². The molecule has 0 aliphatic carbocycles. The lowest BCUT2D eigenvalue weighted by Crippen LogP contribution is -2.07. The van der Waals surface area contributed by atoms with Gasteiger partial charge in [0.2, 0.25) is 5.91 Å². The van der Waals surface area contributed by atoms with Crippen LogP contribution in [0.1, 0.15) is 5.56 Å². The van der Waals surface area contributed by atoms with Crippen molar-refractivity contribution in [2.75, 3.05) is 5.32 Å². The highest BCUT2D eigenvalue weighted by Gasteiger charge is 2.11. The second-order valence-corrected chi connectivity index (χ2v) is 5.66. The van der Waals surface area contributed by atoms with E-state index in [0.29, 0.717) is 10.3 Å². The van der Waals surface area contributed by atoms with E-state index in [1.165, 1.54) is 36.4 Å². The molecule has 0 atom stereocenters. The van der Waals surface area contributed by atoms with Gasteiger partial charge >= 0.3 is 0 Å². The van der Waals surface area contributed by atoms with Crippen LogP contribution in [0.5, 0.6) is 0 Å². The topological polar surface area (TPSA) is 42.0 Å². The van der Waals surface area contributed by atoms with E-state index in [2.05, 4.69) is 10.3 Å². The Balaban J connectivity index is 1.75. The zero-order chi connectivity index (χ0) is 16.4. The first-order valence-corrected chi connectivity index (χ1v) is 7.33. The number of hydrogen-bond donors (Lipinski definition) is 1. The molecule has 23 heavy (non-hydrogen) atoms. The predicted octanol–water partition coefficient (Wildman–Crippen LogP) is 4.37. The molecule has 1 aromatic heterocycles. The van der Waals surface area contributed by atoms with Gasteiger partial charge in [0.1, 0.15) is 17.2 Å². The van der Waals surface area contributed by atoms with Gasteiger partial charge in [-0.25, -0.2) is 18.2 Å². The average Bonchev–Trinajstić information content (AvgIpc) is 2.89. The fourth-order valence-electron chi connectivity index (χ4n) is 1.90. The first-order valence-electron chi connectivity index (χ1n) is 6.51. The fraction of sp³-hybridized carbons (Fsp3) is 0. The molecule has 7 heteroatoms. The summed E-state index contributed by atoms with van der Waals surface area (Å²) >= 11 is 0.971. The first kappa shape index (κ1) is 15.2. The molecule has 0 radical (unpaired) electrons. The van der Waals surface area contributed by atoms with Gasteiger partial charge in [-0.1, -0.05) is 23.5 Å². The maximum absolute atomic E-state index is 13.5. The van der Waals surface area contributed by atoms with Crippen LogP contribution in [-0.4, -0.2) is 10.9 Å². The third-order valence-corrected chi connectivity index (χ3v) is 3.86. The van der Waals surface area contributed by atoms with Gasteiger partial charge < -0.3 is 0 Å². The molecule has 0 bridgehead atoms. The van der Waals surface area contributed by atoms with E-state index in [9.17, 15) is 18.0 Å². The molecule has 0 aliphatic rings. The monoisotopic (exact) mass is 334 g/mol. The summed E-state index contributed by atoms with van der Waals surface area (Å²) in [5.41, 5.74) is 0.660. The van der Waals surface area contributed by atoms with Crippen LogP contribution in [0.4, 0.5) is 18.3 Å². The minimum absolute atomic E-state index is 0.00853. The summed E-state index contributed by atoms with van der Waals surface area (Å²) in [5.74, 6) is -2.32. The number of nitrogens with zero attached hydrogens (tertiary/aromatic N) is 1. The second kappa shape index (κ2) is 6.21. The first-order chi connectivity index (χ1) is 11.0. The van der Waals surface area contributed by atoms with Crippen LogP contribution in [0.2, 0.25) is 0 Å². The number of halogens is 3. The third kappa shape index (κ3) is 3.57. The maximum Gasteiger partial charge on any atom is 0.250 e. The van der Waals surface area contributed by atoms with Gasteiger partial charge in [-0.3, -0.25) is 10.1 Å². The van der Waals surface area contributed by atoms with Crippen molar-refractivity contribution in [2.24, 2.45) is 0 Å². The summed E-state index contributed by atoms with van der Waals surface area (Å²) in [6, 6.07) is 7.50. The van der Waals surface area contributed by atoms with Crippen LogP contribution in [0, 0.1) is 17.5 Å². The number of rotatable bonds is 3. The van der Waals surface area contributed by atoms with E-state index >= 15 is 0 Å². The molecule has 3 rings (SSSR count). The SMILES string of the molecule is O=C(C=Cc1ccc(F)cc1)Nc1nc2c(F)cc(F)cc2s1. The molecule has 2 aromatic carbocycles. The Bertz CT molecular complexity index is 904. The van der Waals surface area contributed by atoms with Gasteiger partial charge in [-0.05, 0) is 29.8 Å². The highest BCUT2D eigenvalue weighted by atomic mass is 32.1. The Morgan fingerprint density at radius 2 is 1.83 bits per heavy atom. The lowest BCUT2D eigenvalue weighted by atomic mass is 10.2. The average molecular weight is 334 g/mol. The number of nitrogens with one attached hydrogen (secondary N) is 1. The van der Waals surface area contributed by atoms with Crippen molar-refractivity contribution in [3.05, 3.63) is 65.5 Å². The van der Waals surface area contributed by atoms with E-state index in [-0.39, 0.29) is 16.5 Å². The van der Waals surface area contributed by atoms with E-state index in [4.69, 9.17) is 0 Å². The van der Waals surface area contributed by atoms with Gasteiger partial charge in [0, 0.05) is 12.1 Å². The number of carbonyl (C=O) groups is 1. The molecule has 0 fully saturated rings. The number of carbonyl (C=O) groups excluding carboxylic acids is 1. The van der Waals surface area contributed by atoms with Crippen molar-refractivity contribution in [1.82, 2.24) is 4.98 Å². The molecule has 0 aliphatic heterocycles. The van der Waals surface area contributed by atoms with Gasteiger partial charge in [0.05, 0.1) is 4.70 Å². The van der Waals surface area contributed by atoms with Crippen molar-refractivity contribution in [1.29, 1.82) is 0 Å². The van der Waals surface area contributed by atoms with E-state index in [1.54, 1.807) is 0 Å². The zero-order valence-electron chi connectivity index (χ0n) is 11.5. The molecule has 1 heterocycles.